The number of nitrogens with one attached hydrogen (secondary N) is 2. The summed E-state index contributed by atoms with van der Waals surface area (Å²) < 4.78 is 6.95. The van der Waals surface area contributed by atoms with E-state index in [0.717, 1.165) is 43.4 Å². The summed E-state index contributed by atoms with van der Waals surface area (Å²) in [5, 5.41) is 10.4. The first-order valence-electron chi connectivity index (χ1n) is 12.6. The lowest BCUT2D eigenvalue weighted by Gasteiger charge is -2.43. The van der Waals surface area contributed by atoms with Crippen molar-refractivity contribution in [3.05, 3.63) is 47.3 Å². The molecule has 1 saturated carbocycles. The Balaban J connectivity index is 1.49. The van der Waals surface area contributed by atoms with Crippen LogP contribution in [-0.2, 0) is 17.9 Å². The molecule has 188 valence electrons. The lowest BCUT2D eigenvalue weighted by atomic mass is 9.94. The minimum absolute atomic E-state index is 0.154. The fourth-order valence-corrected chi connectivity index (χ4v) is 4.88. The maximum atomic E-state index is 13.4. The second kappa shape index (κ2) is 10.5. The number of hydrogen-bond acceptors (Lipinski definition) is 5. The van der Waals surface area contributed by atoms with Gasteiger partial charge in [-0.05, 0) is 50.8 Å². The SMILES string of the molecule is CCCN1C(=O)c2cc(C(=O)NCc3ccc(OCC)cc3)nn2CC1(C)C(=O)NC1CCCC1. The highest BCUT2D eigenvalue weighted by Gasteiger charge is 2.48. The molecule has 2 aliphatic rings. The summed E-state index contributed by atoms with van der Waals surface area (Å²) in [4.78, 5) is 41.2. The van der Waals surface area contributed by atoms with Gasteiger partial charge in [-0.15, -0.1) is 0 Å². The zero-order chi connectivity index (χ0) is 25.0. The number of benzene rings is 1. The van der Waals surface area contributed by atoms with Gasteiger partial charge in [0.1, 0.15) is 17.0 Å². The number of hydrogen-bond donors (Lipinski definition) is 2. The Morgan fingerprint density at radius 1 is 1.17 bits per heavy atom. The summed E-state index contributed by atoms with van der Waals surface area (Å²) in [6.07, 6.45) is 4.88. The van der Waals surface area contributed by atoms with Crippen LogP contribution in [-0.4, -0.2) is 57.1 Å². The van der Waals surface area contributed by atoms with Crippen LogP contribution >= 0.6 is 0 Å². The fraction of sp³-hybridized carbons (Fsp3) is 0.538. The fourth-order valence-electron chi connectivity index (χ4n) is 4.88. The molecule has 0 spiro atoms. The topological polar surface area (TPSA) is 106 Å². The third-order valence-electron chi connectivity index (χ3n) is 6.84. The van der Waals surface area contributed by atoms with Crippen LogP contribution in [0.4, 0.5) is 0 Å². The van der Waals surface area contributed by atoms with Gasteiger partial charge in [0.25, 0.3) is 11.8 Å². The second-order valence-corrected chi connectivity index (χ2v) is 9.52. The molecule has 3 amide bonds. The summed E-state index contributed by atoms with van der Waals surface area (Å²) in [5.74, 6) is -0.0265. The molecule has 0 bridgehead atoms. The average molecular weight is 482 g/mol. The minimum atomic E-state index is -1.06. The zero-order valence-electron chi connectivity index (χ0n) is 20.8. The molecule has 1 aliphatic carbocycles. The van der Waals surface area contributed by atoms with Crippen molar-refractivity contribution in [3.8, 4) is 5.75 Å². The molecule has 1 aromatic carbocycles. The van der Waals surface area contributed by atoms with Crippen molar-refractivity contribution in [2.75, 3.05) is 13.2 Å². The third-order valence-corrected chi connectivity index (χ3v) is 6.84. The molecule has 2 N–H and O–H groups in total. The third kappa shape index (κ3) is 5.18. The number of aromatic nitrogens is 2. The van der Waals surface area contributed by atoms with E-state index in [1.165, 1.54) is 10.7 Å². The zero-order valence-corrected chi connectivity index (χ0v) is 20.8. The van der Waals surface area contributed by atoms with Gasteiger partial charge in [-0.25, -0.2) is 0 Å². The van der Waals surface area contributed by atoms with E-state index in [2.05, 4.69) is 15.7 Å². The van der Waals surface area contributed by atoms with Crippen LogP contribution in [0.2, 0.25) is 0 Å². The highest BCUT2D eigenvalue weighted by Crippen LogP contribution is 2.29. The first-order valence-corrected chi connectivity index (χ1v) is 12.6. The normalized spacial score (nSPS) is 20.0. The van der Waals surface area contributed by atoms with Gasteiger partial charge in [-0.2, -0.15) is 5.10 Å². The Hall–Kier alpha value is -3.36. The predicted molar refractivity (Wildman–Crippen MR) is 131 cm³/mol. The van der Waals surface area contributed by atoms with E-state index in [0.29, 0.717) is 25.4 Å². The van der Waals surface area contributed by atoms with E-state index in [-0.39, 0.29) is 36.0 Å². The molecule has 1 aromatic heterocycles. The van der Waals surface area contributed by atoms with Crippen LogP contribution in [0.5, 0.6) is 5.75 Å². The molecule has 2 aromatic rings. The van der Waals surface area contributed by atoms with Crippen LogP contribution in [0.1, 0.15) is 79.4 Å². The van der Waals surface area contributed by atoms with E-state index in [1.54, 1.807) is 11.8 Å². The largest absolute Gasteiger partial charge is 0.494 e. The maximum absolute atomic E-state index is 13.4. The lowest BCUT2D eigenvalue weighted by Crippen LogP contribution is -2.65. The second-order valence-electron chi connectivity index (χ2n) is 9.52. The van der Waals surface area contributed by atoms with Crippen molar-refractivity contribution in [1.82, 2.24) is 25.3 Å². The van der Waals surface area contributed by atoms with Crippen LogP contribution in [0.25, 0.3) is 0 Å². The van der Waals surface area contributed by atoms with Gasteiger partial charge in [0.05, 0.1) is 13.2 Å². The lowest BCUT2D eigenvalue weighted by molar-refractivity contribution is -0.133. The Labute approximate surface area is 206 Å². The Kier molecular flexibility index (Phi) is 7.42. The summed E-state index contributed by atoms with van der Waals surface area (Å²) in [7, 11) is 0. The van der Waals surface area contributed by atoms with Crippen molar-refractivity contribution >= 4 is 17.7 Å². The van der Waals surface area contributed by atoms with E-state index in [1.807, 2.05) is 38.1 Å². The first kappa shape index (κ1) is 24.8. The maximum Gasteiger partial charge on any atom is 0.273 e. The molecule has 1 aliphatic heterocycles. The Morgan fingerprint density at radius 2 is 1.89 bits per heavy atom. The Morgan fingerprint density at radius 3 is 2.54 bits per heavy atom. The smallest absolute Gasteiger partial charge is 0.273 e. The molecule has 1 atom stereocenters. The average Bonchev–Trinajstić information content (AvgIpc) is 3.51. The number of nitrogens with zero attached hydrogens (tertiary/aromatic N) is 3. The van der Waals surface area contributed by atoms with Gasteiger partial charge in [-0.1, -0.05) is 31.9 Å². The van der Waals surface area contributed by atoms with E-state index in [9.17, 15) is 14.4 Å². The van der Waals surface area contributed by atoms with Crippen LogP contribution in [0.15, 0.2) is 30.3 Å². The van der Waals surface area contributed by atoms with E-state index >= 15 is 0 Å². The number of carbonyl (C=O) groups is 3. The molecule has 35 heavy (non-hydrogen) atoms. The van der Waals surface area contributed by atoms with Crippen molar-refractivity contribution < 1.29 is 19.1 Å². The molecule has 4 rings (SSSR count). The first-order chi connectivity index (χ1) is 16.9. The van der Waals surface area contributed by atoms with Gasteiger partial charge in [-0.3, -0.25) is 19.1 Å². The monoisotopic (exact) mass is 481 g/mol. The van der Waals surface area contributed by atoms with Gasteiger partial charge in [0.2, 0.25) is 5.91 Å². The van der Waals surface area contributed by atoms with Crippen molar-refractivity contribution in [2.24, 2.45) is 0 Å². The van der Waals surface area contributed by atoms with E-state index < -0.39 is 5.54 Å². The number of fused-ring (bicyclic) bond motifs is 1. The molecule has 1 fully saturated rings. The summed E-state index contributed by atoms with van der Waals surface area (Å²) in [6.45, 7) is 7.28. The molecular formula is C26H35N5O4. The van der Waals surface area contributed by atoms with Crippen LogP contribution < -0.4 is 15.4 Å². The summed E-state index contributed by atoms with van der Waals surface area (Å²) >= 11 is 0. The van der Waals surface area contributed by atoms with Gasteiger partial charge in [0, 0.05) is 25.2 Å². The number of amides is 3. The molecule has 9 heteroatoms. The molecule has 2 heterocycles. The van der Waals surface area contributed by atoms with Crippen molar-refractivity contribution in [1.29, 1.82) is 0 Å². The standard InChI is InChI=1S/C26H35N5O4/c1-4-14-30-24(33)22-15-21(23(32)27-16-18-10-12-20(13-11-18)35-5-2)29-31(22)17-26(30,3)25(34)28-19-8-6-7-9-19/h10-13,15,19H,4-9,14,16-17H2,1-3H3,(H,27,32)(H,28,34). The molecular weight excluding hydrogens is 446 g/mol. The van der Waals surface area contributed by atoms with Crippen molar-refractivity contribution in [2.45, 2.75) is 77.5 Å². The quantitative estimate of drug-likeness (QED) is 0.573. The molecule has 9 nitrogen and oxygen atoms in total. The number of rotatable bonds is 9. The number of ether oxygens (including phenoxy) is 1. The summed E-state index contributed by atoms with van der Waals surface area (Å²) in [6, 6.07) is 9.18. The molecule has 0 saturated heterocycles. The van der Waals surface area contributed by atoms with Gasteiger partial charge >= 0.3 is 0 Å². The predicted octanol–water partition coefficient (Wildman–Crippen LogP) is 2.90. The Bertz CT molecular complexity index is 1070. The van der Waals surface area contributed by atoms with Crippen molar-refractivity contribution in [3.63, 3.8) is 0 Å². The summed E-state index contributed by atoms with van der Waals surface area (Å²) in [5.41, 5.74) is 0.351. The van der Waals surface area contributed by atoms with E-state index in [4.69, 9.17) is 4.74 Å². The minimum Gasteiger partial charge on any atom is -0.494 e. The molecule has 1 unspecified atom stereocenters. The molecule has 0 radical (unpaired) electrons. The van der Waals surface area contributed by atoms with Gasteiger partial charge in [0.15, 0.2) is 5.69 Å². The van der Waals surface area contributed by atoms with Crippen LogP contribution in [0.3, 0.4) is 0 Å². The highest BCUT2D eigenvalue weighted by molar-refractivity contribution is 6.01. The highest BCUT2D eigenvalue weighted by atomic mass is 16.5. The van der Waals surface area contributed by atoms with Gasteiger partial charge < -0.3 is 20.3 Å². The number of carbonyl (C=O) groups excluding carboxylic acids is 3. The van der Waals surface area contributed by atoms with Crippen LogP contribution in [0, 0.1) is 0 Å².